The highest BCUT2D eigenvalue weighted by Gasteiger charge is 2.13. The van der Waals surface area contributed by atoms with E-state index in [0.29, 0.717) is 29.1 Å². The van der Waals surface area contributed by atoms with Crippen molar-refractivity contribution in [2.24, 2.45) is 0 Å². The quantitative estimate of drug-likeness (QED) is 0.503. The first-order valence-electron chi connectivity index (χ1n) is 9.04. The van der Waals surface area contributed by atoms with Crippen LogP contribution in [0.25, 0.3) is 10.9 Å². The second-order valence-electron chi connectivity index (χ2n) is 6.37. The minimum atomic E-state index is -0.0660. The zero-order valence-corrected chi connectivity index (χ0v) is 16.3. The van der Waals surface area contributed by atoms with Gasteiger partial charge in [-0.2, -0.15) is 0 Å². The fraction of sp³-hybridized carbons (Fsp3) is 0.286. The lowest BCUT2D eigenvalue weighted by atomic mass is 10.0. The van der Waals surface area contributed by atoms with Crippen molar-refractivity contribution in [1.82, 2.24) is 14.9 Å². The van der Waals surface area contributed by atoms with Crippen LogP contribution in [0.2, 0.25) is 0 Å². The van der Waals surface area contributed by atoms with E-state index in [2.05, 4.69) is 29.4 Å². The van der Waals surface area contributed by atoms with Crippen molar-refractivity contribution in [1.29, 1.82) is 0 Å². The van der Waals surface area contributed by atoms with Gasteiger partial charge in [0.2, 0.25) is 5.91 Å². The molecule has 0 aliphatic carbocycles. The lowest BCUT2D eigenvalue weighted by Gasteiger charge is -2.14. The van der Waals surface area contributed by atoms with Crippen LogP contribution in [0.4, 0.5) is 0 Å². The molecule has 0 aliphatic rings. The summed E-state index contributed by atoms with van der Waals surface area (Å²) >= 11 is 1.30. The molecule has 1 aromatic heterocycles. The van der Waals surface area contributed by atoms with Gasteiger partial charge in [-0.25, -0.2) is 4.98 Å². The highest BCUT2D eigenvalue weighted by Crippen LogP contribution is 2.18. The molecule has 1 amide bonds. The van der Waals surface area contributed by atoms with Crippen molar-refractivity contribution in [3.05, 3.63) is 70.5 Å². The van der Waals surface area contributed by atoms with E-state index in [1.807, 2.05) is 43.3 Å². The fourth-order valence-corrected chi connectivity index (χ4v) is 3.78. The van der Waals surface area contributed by atoms with Crippen LogP contribution in [0.3, 0.4) is 0 Å². The van der Waals surface area contributed by atoms with E-state index in [4.69, 9.17) is 0 Å². The number of fused-ring (bicyclic) bond motifs is 1. The first kappa shape index (κ1) is 19.2. The SMILES string of the molecule is CCn1c(SCC(=O)NC[C@@H](C)c2ccccc2)nc2ccccc2c1=O. The first-order valence-corrected chi connectivity index (χ1v) is 10.0. The van der Waals surface area contributed by atoms with Gasteiger partial charge in [-0.15, -0.1) is 0 Å². The lowest BCUT2D eigenvalue weighted by Crippen LogP contribution is -2.29. The third-order valence-corrected chi connectivity index (χ3v) is 5.43. The average Bonchev–Trinajstić information content (AvgIpc) is 2.71. The molecule has 0 saturated heterocycles. The molecule has 0 unspecified atom stereocenters. The zero-order valence-electron chi connectivity index (χ0n) is 15.5. The molecule has 27 heavy (non-hydrogen) atoms. The predicted octanol–water partition coefficient (Wildman–Crippen LogP) is 3.43. The Balaban J connectivity index is 1.64. The summed E-state index contributed by atoms with van der Waals surface area (Å²) in [5.74, 6) is 0.410. The predicted molar refractivity (Wildman–Crippen MR) is 110 cm³/mol. The maximum absolute atomic E-state index is 12.6. The van der Waals surface area contributed by atoms with Crippen molar-refractivity contribution in [2.75, 3.05) is 12.3 Å². The third-order valence-electron chi connectivity index (χ3n) is 4.45. The summed E-state index contributed by atoms with van der Waals surface area (Å²) in [6.45, 7) is 5.09. The van der Waals surface area contributed by atoms with E-state index in [1.54, 1.807) is 10.6 Å². The van der Waals surface area contributed by atoms with Gasteiger partial charge in [-0.05, 0) is 30.5 Å². The number of thioether (sulfide) groups is 1. The Morgan fingerprint density at radius 1 is 1.15 bits per heavy atom. The van der Waals surface area contributed by atoms with Crippen LogP contribution in [0.5, 0.6) is 0 Å². The monoisotopic (exact) mass is 381 g/mol. The molecule has 6 heteroatoms. The van der Waals surface area contributed by atoms with E-state index in [-0.39, 0.29) is 23.1 Å². The summed E-state index contributed by atoms with van der Waals surface area (Å²) in [5, 5.41) is 4.14. The van der Waals surface area contributed by atoms with Crippen molar-refractivity contribution in [2.45, 2.75) is 31.5 Å². The van der Waals surface area contributed by atoms with Crippen LogP contribution >= 0.6 is 11.8 Å². The summed E-state index contributed by atoms with van der Waals surface area (Å²) in [7, 11) is 0. The number of carbonyl (C=O) groups is 1. The van der Waals surface area contributed by atoms with Crippen LogP contribution < -0.4 is 10.9 Å². The summed E-state index contributed by atoms with van der Waals surface area (Å²) in [6.07, 6.45) is 0. The van der Waals surface area contributed by atoms with E-state index in [9.17, 15) is 9.59 Å². The molecule has 1 atom stereocenters. The number of hydrogen-bond donors (Lipinski definition) is 1. The molecule has 1 N–H and O–H groups in total. The molecule has 0 bridgehead atoms. The average molecular weight is 382 g/mol. The van der Waals surface area contributed by atoms with E-state index >= 15 is 0 Å². The van der Waals surface area contributed by atoms with Crippen molar-refractivity contribution in [3.63, 3.8) is 0 Å². The second kappa shape index (κ2) is 8.86. The summed E-state index contributed by atoms with van der Waals surface area (Å²) in [6, 6.07) is 17.4. The Kier molecular flexibility index (Phi) is 6.29. The number of carbonyl (C=O) groups excluding carboxylic acids is 1. The molecular formula is C21H23N3O2S. The number of nitrogens with one attached hydrogen (secondary N) is 1. The molecule has 0 aliphatic heterocycles. The molecule has 1 heterocycles. The Labute approximate surface area is 162 Å². The van der Waals surface area contributed by atoms with Crippen LogP contribution in [0, 0.1) is 0 Å². The zero-order chi connectivity index (χ0) is 19.2. The number of nitrogens with zero attached hydrogens (tertiary/aromatic N) is 2. The number of hydrogen-bond acceptors (Lipinski definition) is 4. The molecule has 0 spiro atoms. The summed E-state index contributed by atoms with van der Waals surface area (Å²) in [5.41, 5.74) is 1.79. The molecule has 0 saturated carbocycles. The number of aromatic nitrogens is 2. The number of amides is 1. The normalized spacial score (nSPS) is 12.1. The topological polar surface area (TPSA) is 64.0 Å². The minimum absolute atomic E-state index is 0.0622. The third kappa shape index (κ3) is 4.57. The molecule has 3 rings (SSSR count). The second-order valence-corrected chi connectivity index (χ2v) is 7.31. The van der Waals surface area contributed by atoms with Gasteiger partial charge in [0.1, 0.15) is 0 Å². The molecule has 0 fully saturated rings. The smallest absolute Gasteiger partial charge is 0.262 e. The number of benzene rings is 2. The number of rotatable bonds is 7. The van der Waals surface area contributed by atoms with Gasteiger partial charge in [0.15, 0.2) is 5.16 Å². The van der Waals surface area contributed by atoms with Gasteiger partial charge in [0.05, 0.1) is 16.7 Å². The lowest BCUT2D eigenvalue weighted by molar-refractivity contribution is -0.118. The van der Waals surface area contributed by atoms with Crippen LogP contribution in [0.1, 0.15) is 25.3 Å². The first-order chi connectivity index (χ1) is 13.1. The molecule has 2 aromatic carbocycles. The minimum Gasteiger partial charge on any atom is -0.355 e. The molecule has 140 valence electrons. The van der Waals surface area contributed by atoms with Crippen molar-refractivity contribution < 1.29 is 4.79 Å². The van der Waals surface area contributed by atoms with Crippen LogP contribution in [-0.4, -0.2) is 27.8 Å². The highest BCUT2D eigenvalue weighted by molar-refractivity contribution is 7.99. The molecule has 3 aromatic rings. The van der Waals surface area contributed by atoms with Gasteiger partial charge in [-0.3, -0.25) is 14.2 Å². The van der Waals surface area contributed by atoms with Gasteiger partial charge in [-0.1, -0.05) is 61.2 Å². The van der Waals surface area contributed by atoms with E-state index in [0.717, 1.165) is 0 Å². The van der Waals surface area contributed by atoms with Crippen LogP contribution in [0.15, 0.2) is 64.5 Å². The van der Waals surface area contributed by atoms with Gasteiger partial charge in [0.25, 0.3) is 5.56 Å². The van der Waals surface area contributed by atoms with E-state index < -0.39 is 0 Å². The maximum atomic E-state index is 12.6. The highest BCUT2D eigenvalue weighted by atomic mass is 32.2. The Bertz CT molecular complexity index is 986. The van der Waals surface area contributed by atoms with Crippen molar-refractivity contribution >= 4 is 28.6 Å². The largest absolute Gasteiger partial charge is 0.355 e. The standard InChI is InChI=1S/C21H23N3O2S/c1-3-24-20(26)17-11-7-8-12-18(17)23-21(24)27-14-19(25)22-13-15(2)16-9-5-4-6-10-16/h4-12,15H,3,13-14H2,1-2H3,(H,22,25)/t15-/m1/s1. The molecule has 5 nitrogen and oxygen atoms in total. The van der Waals surface area contributed by atoms with Gasteiger partial charge >= 0.3 is 0 Å². The van der Waals surface area contributed by atoms with Crippen molar-refractivity contribution in [3.8, 4) is 0 Å². The summed E-state index contributed by atoms with van der Waals surface area (Å²) < 4.78 is 1.62. The molecular weight excluding hydrogens is 358 g/mol. The molecule has 0 radical (unpaired) electrons. The fourth-order valence-electron chi connectivity index (χ4n) is 2.88. The van der Waals surface area contributed by atoms with Crippen LogP contribution in [-0.2, 0) is 11.3 Å². The maximum Gasteiger partial charge on any atom is 0.262 e. The Hall–Kier alpha value is -2.60. The van der Waals surface area contributed by atoms with Gasteiger partial charge in [0, 0.05) is 13.1 Å². The van der Waals surface area contributed by atoms with Gasteiger partial charge < -0.3 is 5.32 Å². The Morgan fingerprint density at radius 2 is 1.85 bits per heavy atom. The Morgan fingerprint density at radius 3 is 2.59 bits per heavy atom. The van der Waals surface area contributed by atoms with E-state index in [1.165, 1.54) is 17.3 Å². The summed E-state index contributed by atoms with van der Waals surface area (Å²) in [4.78, 5) is 29.4. The number of para-hydroxylation sites is 1.